The van der Waals surface area contributed by atoms with Crippen molar-refractivity contribution in [2.75, 3.05) is 13.1 Å². The fourth-order valence-electron chi connectivity index (χ4n) is 2.22. The number of rotatable bonds is 6. The van der Waals surface area contributed by atoms with E-state index in [0.717, 1.165) is 25.9 Å². The summed E-state index contributed by atoms with van der Waals surface area (Å²) in [6.07, 6.45) is 2.99. The summed E-state index contributed by atoms with van der Waals surface area (Å²) in [5, 5.41) is 13.8. The molecular weight excluding hydrogens is 262 g/mol. The summed E-state index contributed by atoms with van der Waals surface area (Å²) >= 11 is 0. The smallest absolute Gasteiger partial charge is 0.326 e. The molecular formula is C13H23N3O4. The number of carbonyl (C=O) groups excluding carboxylic acids is 2. The second kappa shape index (κ2) is 7.72. The van der Waals surface area contributed by atoms with Gasteiger partial charge in [0.05, 0.1) is 0 Å². The van der Waals surface area contributed by atoms with Crippen LogP contribution >= 0.6 is 0 Å². The number of aliphatic carboxylic acids is 1. The highest BCUT2D eigenvalue weighted by molar-refractivity contribution is 5.88. The number of urea groups is 1. The van der Waals surface area contributed by atoms with Crippen LogP contribution in [0.2, 0.25) is 0 Å². The van der Waals surface area contributed by atoms with Gasteiger partial charge >= 0.3 is 12.0 Å². The summed E-state index contributed by atoms with van der Waals surface area (Å²) in [6.45, 7) is 4.89. The van der Waals surface area contributed by atoms with Crippen LogP contribution in [0.5, 0.6) is 0 Å². The van der Waals surface area contributed by atoms with Crippen LogP contribution in [0.15, 0.2) is 0 Å². The number of hydrogen-bond donors (Lipinski definition) is 3. The zero-order valence-electron chi connectivity index (χ0n) is 12.0. The molecule has 0 aliphatic carbocycles. The SMILES string of the molecule is CCCC(NC(=O)NC(C)C(=O)N1CCCC1)C(=O)O. The first-order chi connectivity index (χ1) is 9.45. The number of amides is 3. The van der Waals surface area contributed by atoms with Gasteiger partial charge in [0.2, 0.25) is 5.91 Å². The van der Waals surface area contributed by atoms with Gasteiger partial charge in [0.15, 0.2) is 0 Å². The van der Waals surface area contributed by atoms with E-state index >= 15 is 0 Å². The van der Waals surface area contributed by atoms with Crippen LogP contribution in [0.3, 0.4) is 0 Å². The van der Waals surface area contributed by atoms with E-state index in [2.05, 4.69) is 10.6 Å². The van der Waals surface area contributed by atoms with E-state index in [-0.39, 0.29) is 5.91 Å². The van der Waals surface area contributed by atoms with E-state index in [1.54, 1.807) is 11.8 Å². The molecule has 0 radical (unpaired) electrons. The van der Waals surface area contributed by atoms with Gasteiger partial charge in [-0.1, -0.05) is 13.3 Å². The summed E-state index contributed by atoms with van der Waals surface area (Å²) in [6, 6.07) is -2.19. The molecule has 0 aromatic heterocycles. The van der Waals surface area contributed by atoms with Crippen LogP contribution in [-0.2, 0) is 9.59 Å². The lowest BCUT2D eigenvalue weighted by molar-refractivity contribution is -0.139. The third kappa shape index (κ3) is 4.71. The monoisotopic (exact) mass is 285 g/mol. The predicted molar refractivity (Wildman–Crippen MR) is 73.3 cm³/mol. The average Bonchev–Trinajstić information content (AvgIpc) is 2.90. The molecule has 1 aliphatic heterocycles. The minimum absolute atomic E-state index is 0.125. The molecule has 20 heavy (non-hydrogen) atoms. The molecule has 2 unspecified atom stereocenters. The maximum atomic E-state index is 12.0. The Morgan fingerprint density at radius 2 is 1.80 bits per heavy atom. The fourth-order valence-corrected chi connectivity index (χ4v) is 2.22. The molecule has 1 fully saturated rings. The van der Waals surface area contributed by atoms with Crippen LogP contribution in [0.1, 0.15) is 39.5 Å². The molecule has 1 saturated heterocycles. The molecule has 1 heterocycles. The molecule has 1 rings (SSSR count). The standard InChI is InChI=1S/C13H23N3O4/c1-3-6-10(12(18)19)15-13(20)14-9(2)11(17)16-7-4-5-8-16/h9-10H,3-8H2,1-2H3,(H,18,19)(H2,14,15,20). The molecule has 1 aliphatic rings. The maximum Gasteiger partial charge on any atom is 0.326 e. The summed E-state index contributed by atoms with van der Waals surface area (Å²) in [7, 11) is 0. The van der Waals surface area contributed by atoms with Crippen LogP contribution < -0.4 is 10.6 Å². The highest BCUT2D eigenvalue weighted by Crippen LogP contribution is 2.08. The minimum atomic E-state index is -1.07. The van der Waals surface area contributed by atoms with Crippen molar-refractivity contribution >= 4 is 17.9 Å². The van der Waals surface area contributed by atoms with Crippen molar-refractivity contribution in [1.82, 2.24) is 15.5 Å². The van der Waals surface area contributed by atoms with E-state index in [4.69, 9.17) is 5.11 Å². The number of likely N-dealkylation sites (tertiary alicyclic amines) is 1. The van der Waals surface area contributed by atoms with Crippen LogP contribution in [0, 0.1) is 0 Å². The van der Waals surface area contributed by atoms with Crippen molar-refractivity contribution in [1.29, 1.82) is 0 Å². The predicted octanol–water partition coefficient (Wildman–Crippen LogP) is 0.550. The van der Waals surface area contributed by atoms with Gasteiger partial charge in [0.1, 0.15) is 12.1 Å². The van der Waals surface area contributed by atoms with Crippen molar-refractivity contribution in [3.05, 3.63) is 0 Å². The average molecular weight is 285 g/mol. The third-order valence-corrected chi connectivity index (χ3v) is 3.32. The lowest BCUT2D eigenvalue weighted by Crippen LogP contribution is -2.52. The minimum Gasteiger partial charge on any atom is -0.480 e. The molecule has 3 amide bonds. The van der Waals surface area contributed by atoms with Crippen molar-refractivity contribution < 1.29 is 19.5 Å². The molecule has 0 bridgehead atoms. The Balaban J connectivity index is 2.43. The van der Waals surface area contributed by atoms with E-state index in [0.29, 0.717) is 12.8 Å². The number of nitrogens with one attached hydrogen (secondary N) is 2. The molecule has 0 spiro atoms. The second-order valence-electron chi connectivity index (χ2n) is 5.05. The maximum absolute atomic E-state index is 12.0. The van der Waals surface area contributed by atoms with E-state index in [9.17, 15) is 14.4 Å². The highest BCUT2D eigenvalue weighted by atomic mass is 16.4. The van der Waals surface area contributed by atoms with Gasteiger partial charge in [0.25, 0.3) is 0 Å². The molecule has 0 aromatic carbocycles. The molecule has 7 heteroatoms. The summed E-state index contributed by atoms with van der Waals surface area (Å²) in [4.78, 5) is 36.3. The lowest BCUT2D eigenvalue weighted by Gasteiger charge is -2.22. The number of hydrogen-bond acceptors (Lipinski definition) is 3. The van der Waals surface area contributed by atoms with Gasteiger partial charge < -0.3 is 20.6 Å². The zero-order valence-corrected chi connectivity index (χ0v) is 12.0. The van der Waals surface area contributed by atoms with Crippen LogP contribution in [0.4, 0.5) is 4.79 Å². The van der Waals surface area contributed by atoms with E-state index in [1.807, 2.05) is 6.92 Å². The molecule has 3 N–H and O–H groups in total. The second-order valence-corrected chi connectivity index (χ2v) is 5.05. The van der Waals surface area contributed by atoms with E-state index < -0.39 is 24.1 Å². The first kappa shape index (κ1) is 16.3. The van der Waals surface area contributed by atoms with Crippen LogP contribution in [0.25, 0.3) is 0 Å². The van der Waals surface area contributed by atoms with Gasteiger partial charge in [-0.3, -0.25) is 4.79 Å². The molecule has 114 valence electrons. The van der Waals surface area contributed by atoms with Crippen molar-refractivity contribution in [3.8, 4) is 0 Å². The summed E-state index contributed by atoms with van der Waals surface area (Å²) in [5.41, 5.74) is 0. The topological polar surface area (TPSA) is 98.7 Å². The van der Waals surface area contributed by atoms with Gasteiger partial charge in [0, 0.05) is 13.1 Å². The van der Waals surface area contributed by atoms with Crippen LogP contribution in [-0.4, -0.2) is 53.1 Å². The largest absolute Gasteiger partial charge is 0.480 e. The summed E-state index contributed by atoms with van der Waals surface area (Å²) in [5.74, 6) is -1.19. The van der Waals surface area contributed by atoms with Crippen molar-refractivity contribution in [2.45, 2.75) is 51.6 Å². The Morgan fingerprint density at radius 3 is 2.30 bits per heavy atom. The molecule has 2 atom stereocenters. The number of nitrogens with zero attached hydrogens (tertiary/aromatic N) is 1. The van der Waals surface area contributed by atoms with Gasteiger partial charge in [-0.05, 0) is 26.2 Å². The molecule has 0 saturated carbocycles. The Hall–Kier alpha value is -1.79. The third-order valence-electron chi connectivity index (χ3n) is 3.32. The van der Waals surface area contributed by atoms with Crippen molar-refractivity contribution in [2.24, 2.45) is 0 Å². The van der Waals surface area contributed by atoms with E-state index in [1.165, 1.54) is 0 Å². The highest BCUT2D eigenvalue weighted by Gasteiger charge is 2.25. The Kier molecular flexibility index (Phi) is 6.27. The molecule has 7 nitrogen and oxygen atoms in total. The number of carbonyl (C=O) groups is 3. The van der Waals surface area contributed by atoms with Gasteiger partial charge in [-0.25, -0.2) is 9.59 Å². The quantitative estimate of drug-likeness (QED) is 0.663. The first-order valence-corrected chi connectivity index (χ1v) is 7.04. The fraction of sp³-hybridized carbons (Fsp3) is 0.769. The van der Waals surface area contributed by atoms with Gasteiger partial charge in [-0.2, -0.15) is 0 Å². The Morgan fingerprint density at radius 1 is 1.20 bits per heavy atom. The van der Waals surface area contributed by atoms with Gasteiger partial charge in [-0.15, -0.1) is 0 Å². The normalized spacial score (nSPS) is 17.4. The number of carboxylic acids is 1. The number of carboxylic acid groups (broad SMARTS) is 1. The zero-order chi connectivity index (χ0) is 15.1. The van der Waals surface area contributed by atoms with Crippen molar-refractivity contribution in [3.63, 3.8) is 0 Å². The Bertz CT molecular complexity index is 367. The lowest BCUT2D eigenvalue weighted by atomic mass is 10.2. The first-order valence-electron chi connectivity index (χ1n) is 7.04. The Labute approximate surface area is 118 Å². The summed E-state index contributed by atoms with van der Waals surface area (Å²) < 4.78 is 0. The molecule has 0 aromatic rings.